The summed E-state index contributed by atoms with van der Waals surface area (Å²) in [6.45, 7) is 19.6. The van der Waals surface area contributed by atoms with Crippen molar-refractivity contribution in [2.24, 2.45) is 5.92 Å². The van der Waals surface area contributed by atoms with Crippen LogP contribution in [-0.2, 0) is 9.53 Å². The molecule has 0 aliphatic rings. The minimum Gasteiger partial charge on any atom is -0.466 e. The minimum atomic E-state index is -0.166. The number of unbranched alkanes of at least 4 members (excludes halogenated alkanes) is 3. The summed E-state index contributed by atoms with van der Waals surface area (Å²) in [5.74, 6) is -0.0232. The Kier molecular flexibility index (Phi) is 18.9. The van der Waals surface area contributed by atoms with Crippen LogP contribution in [-0.4, -0.2) is 54.4 Å². The minimum absolute atomic E-state index is 0.0601. The molecule has 4 heteroatoms. The molecule has 0 aromatic heterocycles. The fourth-order valence-corrected chi connectivity index (χ4v) is 3.10. The predicted octanol–water partition coefficient (Wildman–Crippen LogP) is 5.18. The molecular weight excluding hydrogens is 326 g/mol. The Morgan fingerprint density at radius 2 is 1.31 bits per heavy atom. The van der Waals surface area contributed by atoms with Gasteiger partial charge in [-0.15, -0.1) is 0 Å². The lowest BCUT2D eigenvalue weighted by atomic mass is 10.1. The van der Waals surface area contributed by atoms with Crippen molar-refractivity contribution in [3.63, 3.8) is 0 Å². The van der Waals surface area contributed by atoms with E-state index in [2.05, 4.69) is 20.8 Å². The molecule has 0 aliphatic heterocycles. The summed E-state index contributed by atoms with van der Waals surface area (Å²) in [6.07, 6.45) is 8.36. The van der Waals surface area contributed by atoms with Crippen LogP contribution in [0.5, 0.6) is 0 Å². The normalized spacial score (nSPS) is 13.5. The third-order valence-corrected chi connectivity index (χ3v) is 4.91. The van der Waals surface area contributed by atoms with Gasteiger partial charge in [-0.1, -0.05) is 53.9 Å². The van der Waals surface area contributed by atoms with E-state index >= 15 is 0 Å². The molecule has 0 aliphatic carbocycles. The SMILES string of the molecule is CCCC[N+](CCCC)(CCCC)CC(C)O.CCOC(=O)C(C)CC. The number of hydrogen-bond acceptors (Lipinski definition) is 3. The van der Waals surface area contributed by atoms with Gasteiger partial charge < -0.3 is 14.3 Å². The average molecular weight is 375 g/mol. The molecule has 2 atom stereocenters. The van der Waals surface area contributed by atoms with Gasteiger partial charge in [-0.2, -0.15) is 0 Å². The Morgan fingerprint density at radius 1 is 0.885 bits per heavy atom. The van der Waals surface area contributed by atoms with E-state index in [1.807, 2.05) is 27.7 Å². The Labute approximate surface area is 163 Å². The van der Waals surface area contributed by atoms with E-state index in [1.165, 1.54) is 58.2 Å². The first kappa shape index (κ1) is 27.6. The van der Waals surface area contributed by atoms with Gasteiger partial charge in [0.1, 0.15) is 12.6 Å². The number of carbonyl (C=O) groups excluding carboxylic acids is 1. The van der Waals surface area contributed by atoms with Gasteiger partial charge in [-0.05, 0) is 39.5 Å². The van der Waals surface area contributed by atoms with Crippen molar-refractivity contribution < 1.29 is 19.1 Å². The zero-order valence-electron chi connectivity index (χ0n) is 18.9. The lowest BCUT2D eigenvalue weighted by Crippen LogP contribution is -2.53. The summed E-state index contributed by atoms with van der Waals surface area (Å²) in [6, 6.07) is 0. The van der Waals surface area contributed by atoms with E-state index in [0.29, 0.717) is 6.61 Å². The monoisotopic (exact) mass is 374 g/mol. The van der Waals surface area contributed by atoms with Gasteiger partial charge in [0.25, 0.3) is 0 Å². The standard InChI is InChI=1S/C15H34NO.C7H14O2/c1-5-8-11-16(12-9-6-2,13-10-7-3)14-15(4)17;1-4-6(3)7(8)9-5-2/h15,17H,5-14H2,1-4H3;6H,4-5H2,1-3H3/q+1;. The van der Waals surface area contributed by atoms with Crippen molar-refractivity contribution in [1.29, 1.82) is 0 Å². The second-order valence-corrected chi connectivity index (χ2v) is 7.67. The number of quaternary nitrogens is 1. The molecule has 0 fully saturated rings. The van der Waals surface area contributed by atoms with Crippen LogP contribution in [0.1, 0.15) is 93.4 Å². The number of rotatable bonds is 14. The van der Waals surface area contributed by atoms with E-state index in [-0.39, 0.29) is 18.0 Å². The van der Waals surface area contributed by atoms with Gasteiger partial charge in [-0.3, -0.25) is 4.79 Å². The van der Waals surface area contributed by atoms with Gasteiger partial charge in [0, 0.05) is 0 Å². The molecule has 4 nitrogen and oxygen atoms in total. The first-order valence-corrected chi connectivity index (χ1v) is 11.0. The zero-order valence-corrected chi connectivity index (χ0v) is 18.9. The molecule has 0 saturated heterocycles. The van der Waals surface area contributed by atoms with Gasteiger partial charge in [0.05, 0.1) is 32.2 Å². The molecule has 0 aromatic carbocycles. The first-order chi connectivity index (χ1) is 12.3. The molecule has 0 spiro atoms. The van der Waals surface area contributed by atoms with Crippen LogP contribution in [0.4, 0.5) is 0 Å². The second-order valence-electron chi connectivity index (χ2n) is 7.67. The molecule has 0 radical (unpaired) electrons. The molecule has 0 heterocycles. The summed E-state index contributed by atoms with van der Waals surface area (Å²) < 4.78 is 5.90. The van der Waals surface area contributed by atoms with Crippen LogP contribution in [0.15, 0.2) is 0 Å². The number of ether oxygens (including phenoxy) is 1. The topological polar surface area (TPSA) is 46.5 Å². The van der Waals surface area contributed by atoms with E-state index in [9.17, 15) is 9.90 Å². The summed E-state index contributed by atoms with van der Waals surface area (Å²) in [5.41, 5.74) is 0. The lowest BCUT2D eigenvalue weighted by molar-refractivity contribution is -0.931. The van der Waals surface area contributed by atoms with Gasteiger partial charge >= 0.3 is 5.97 Å². The zero-order chi connectivity index (χ0) is 20.4. The number of hydrogen-bond donors (Lipinski definition) is 1. The fraction of sp³-hybridized carbons (Fsp3) is 0.955. The van der Waals surface area contributed by atoms with Crippen LogP contribution in [0.2, 0.25) is 0 Å². The number of carbonyl (C=O) groups is 1. The highest BCUT2D eigenvalue weighted by molar-refractivity contribution is 5.71. The second kappa shape index (κ2) is 17.8. The van der Waals surface area contributed by atoms with Crippen LogP contribution in [0, 0.1) is 5.92 Å². The van der Waals surface area contributed by atoms with Crippen molar-refractivity contribution in [2.75, 3.05) is 32.8 Å². The lowest BCUT2D eigenvalue weighted by Gasteiger charge is -2.40. The molecule has 0 amide bonds. The van der Waals surface area contributed by atoms with Crippen LogP contribution >= 0.6 is 0 Å². The van der Waals surface area contributed by atoms with E-state index in [0.717, 1.165) is 17.4 Å². The summed E-state index contributed by atoms with van der Waals surface area (Å²) in [4.78, 5) is 10.8. The maximum absolute atomic E-state index is 10.8. The predicted molar refractivity (Wildman–Crippen MR) is 112 cm³/mol. The molecule has 1 N–H and O–H groups in total. The number of aliphatic hydroxyl groups is 1. The molecule has 0 aromatic rings. The van der Waals surface area contributed by atoms with Crippen molar-refractivity contribution in [1.82, 2.24) is 0 Å². The Bertz CT molecular complexity index is 297. The fourth-order valence-electron chi connectivity index (χ4n) is 3.10. The number of esters is 1. The van der Waals surface area contributed by atoms with E-state index < -0.39 is 0 Å². The van der Waals surface area contributed by atoms with Crippen molar-refractivity contribution >= 4 is 5.97 Å². The molecule has 2 unspecified atom stereocenters. The first-order valence-electron chi connectivity index (χ1n) is 11.0. The van der Waals surface area contributed by atoms with Crippen LogP contribution < -0.4 is 0 Å². The summed E-state index contributed by atoms with van der Waals surface area (Å²) >= 11 is 0. The number of aliphatic hydroxyl groups excluding tert-OH is 1. The van der Waals surface area contributed by atoms with E-state index in [4.69, 9.17) is 4.74 Å². The molecule has 0 bridgehead atoms. The van der Waals surface area contributed by atoms with Crippen molar-refractivity contribution in [3.05, 3.63) is 0 Å². The van der Waals surface area contributed by atoms with E-state index in [1.54, 1.807) is 0 Å². The molecule has 26 heavy (non-hydrogen) atoms. The highest BCUT2D eigenvalue weighted by Crippen LogP contribution is 2.15. The third-order valence-electron chi connectivity index (χ3n) is 4.91. The van der Waals surface area contributed by atoms with Gasteiger partial charge in [-0.25, -0.2) is 0 Å². The third kappa shape index (κ3) is 14.5. The largest absolute Gasteiger partial charge is 0.466 e. The van der Waals surface area contributed by atoms with Gasteiger partial charge in [0.15, 0.2) is 0 Å². The number of nitrogens with zero attached hydrogens (tertiary/aromatic N) is 1. The van der Waals surface area contributed by atoms with Gasteiger partial charge in [0.2, 0.25) is 0 Å². The summed E-state index contributed by atoms with van der Waals surface area (Å²) in [7, 11) is 0. The Morgan fingerprint density at radius 3 is 1.58 bits per heavy atom. The maximum Gasteiger partial charge on any atom is 0.308 e. The maximum atomic E-state index is 10.8. The van der Waals surface area contributed by atoms with Crippen LogP contribution in [0.3, 0.4) is 0 Å². The highest BCUT2D eigenvalue weighted by atomic mass is 16.5. The Balaban J connectivity index is 0. The highest BCUT2D eigenvalue weighted by Gasteiger charge is 2.27. The molecule has 0 saturated carbocycles. The smallest absolute Gasteiger partial charge is 0.308 e. The Hall–Kier alpha value is -0.610. The summed E-state index contributed by atoms with van der Waals surface area (Å²) in [5, 5.41) is 9.77. The van der Waals surface area contributed by atoms with Crippen molar-refractivity contribution in [2.45, 2.75) is 99.5 Å². The van der Waals surface area contributed by atoms with Crippen molar-refractivity contribution in [3.8, 4) is 0 Å². The molecular formula is C22H48NO3+. The quantitative estimate of drug-likeness (QED) is 0.336. The molecule has 0 rings (SSSR count). The molecule has 158 valence electrons. The average Bonchev–Trinajstić information content (AvgIpc) is 2.62. The van der Waals surface area contributed by atoms with Crippen LogP contribution in [0.25, 0.3) is 0 Å².